The topological polar surface area (TPSA) is 43.6 Å². The van der Waals surface area contributed by atoms with Crippen molar-refractivity contribution in [1.29, 1.82) is 0 Å². The van der Waals surface area contributed by atoms with Gasteiger partial charge in [-0.25, -0.2) is 0 Å². The molecule has 0 amide bonds. The molecule has 0 aliphatic rings. The van der Waals surface area contributed by atoms with Crippen LogP contribution in [0, 0.1) is 13.8 Å². The molecule has 4 nitrogen and oxygen atoms in total. The minimum atomic E-state index is 0.306. The predicted molar refractivity (Wildman–Crippen MR) is 58.2 cm³/mol. The van der Waals surface area contributed by atoms with Gasteiger partial charge in [0, 0.05) is 0 Å². The maximum Gasteiger partial charge on any atom is 0.171 e. The zero-order valence-electron chi connectivity index (χ0n) is 8.61. The Morgan fingerprint density at radius 1 is 1.33 bits per heavy atom. The Morgan fingerprint density at radius 3 is 2.80 bits per heavy atom. The van der Waals surface area contributed by atoms with Crippen molar-refractivity contribution in [3.63, 3.8) is 0 Å². The number of rotatable bonds is 2. The fraction of sp³-hybridized carbons (Fsp3) is 0.300. The Kier molecular flexibility index (Phi) is 2.68. The van der Waals surface area contributed by atoms with Crippen molar-refractivity contribution in [2.45, 2.75) is 19.7 Å². The second kappa shape index (κ2) is 3.98. The first-order chi connectivity index (χ1) is 7.22. The summed E-state index contributed by atoms with van der Waals surface area (Å²) in [4.78, 5) is 0. The normalized spacial score (nSPS) is 10.6. The van der Waals surface area contributed by atoms with Gasteiger partial charge < -0.3 is 0 Å². The van der Waals surface area contributed by atoms with E-state index < -0.39 is 0 Å². The van der Waals surface area contributed by atoms with Crippen LogP contribution in [0.3, 0.4) is 0 Å². The first-order valence-electron chi connectivity index (χ1n) is 4.63. The minimum Gasteiger partial charge on any atom is -0.196 e. The molecule has 0 unspecified atom stereocenters. The van der Waals surface area contributed by atoms with Crippen LogP contribution in [0.5, 0.6) is 0 Å². The molecule has 0 aliphatic carbocycles. The molecule has 15 heavy (non-hydrogen) atoms. The van der Waals surface area contributed by atoms with Crippen LogP contribution in [0.25, 0.3) is 5.69 Å². The fourth-order valence-electron chi connectivity index (χ4n) is 1.52. The van der Waals surface area contributed by atoms with Crippen molar-refractivity contribution in [3.05, 3.63) is 35.2 Å². The molecule has 1 heterocycles. The van der Waals surface area contributed by atoms with E-state index >= 15 is 0 Å². The number of hydrogen-bond acceptors (Lipinski definition) is 3. The second-order valence-electron chi connectivity index (χ2n) is 3.43. The van der Waals surface area contributed by atoms with Gasteiger partial charge in [-0.05, 0) is 35.9 Å². The highest BCUT2D eigenvalue weighted by atomic mass is 35.5. The largest absolute Gasteiger partial charge is 0.196 e. The average Bonchev–Trinajstić information content (AvgIpc) is 2.65. The predicted octanol–water partition coefficient (Wildman–Crippen LogP) is 2.02. The lowest BCUT2D eigenvalue weighted by molar-refractivity contribution is 0.772. The van der Waals surface area contributed by atoms with E-state index in [9.17, 15) is 0 Å². The molecule has 1 aromatic heterocycles. The highest BCUT2D eigenvalue weighted by Gasteiger charge is 2.08. The van der Waals surface area contributed by atoms with Gasteiger partial charge in [0.1, 0.15) is 0 Å². The van der Waals surface area contributed by atoms with Crippen molar-refractivity contribution in [1.82, 2.24) is 20.2 Å². The number of nitrogens with zero attached hydrogens (tertiary/aromatic N) is 4. The lowest BCUT2D eigenvalue weighted by atomic mass is 10.1. The van der Waals surface area contributed by atoms with E-state index in [4.69, 9.17) is 11.6 Å². The van der Waals surface area contributed by atoms with Crippen molar-refractivity contribution in [3.8, 4) is 5.69 Å². The maximum absolute atomic E-state index is 5.74. The molecular weight excluding hydrogens is 212 g/mol. The van der Waals surface area contributed by atoms with Crippen molar-refractivity contribution < 1.29 is 0 Å². The van der Waals surface area contributed by atoms with Gasteiger partial charge >= 0.3 is 0 Å². The van der Waals surface area contributed by atoms with Crippen molar-refractivity contribution in [2.24, 2.45) is 0 Å². The quantitative estimate of drug-likeness (QED) is 0.731. The summed E-state index contributed by atoms with van der Waals surface area (Å²) < 4.78 is 1.67. The summed E-state index contributed by atoms with van der Waals surface area (Å²) in [5.74, 6) is 0.962. The maximum atomic E-state index is 5.74. The van der Waals surface area contributed by atoms with Crippen LogP contribution < -0.4 is 0 Å². The molecule has 0 N–H and O–H groups in total. The molecule has 0 bridgehead atoms. The lowest BCUT2D eigenvalue weighted by Gasteiger charge is -2.06. The van der Waals surface area contributed by atoms with Crippen LogP contribution in [-0.4, -0.2) is 20.2 Å². The summed E-state index contributed by atoms with van der Waals surface area (Å²) in [7, 11) is 0. The van der Waals surface area contributed by atoms with E-state index in [1.54, 1.807) is 4.68 Å². The highest BCUT2D eigenvalue weighted by molar-refractivity contribution is 6.16. The van der Waals surface area contributed by atoms with Crippen LogP contribution in [0.1, 0.15) is 17.0 Å². The Morgan fingerprint density at radius 2 is 2.13 bits per heavy atom. The standard InChI is InChI=1S/C10H11ClN4/c1-7-3-4-9(8(2)5-7)15-10(6-11)12-13-14-15/h3-5H,6H2,1-2H3. The minimum absolute atomic E-state index is 0.306. The number of hydrogen-bond donors (Lipinski definition) is 0. The summed E-state index contributed by atoms with van der Waals surface area (Å²) in [6.45, 7) is 4.08. The number of benzene rings is 1. The number of alkyl halides is 1. The molecule has 2 rings (SSSR count). The number of aromatic nitrogens is 4. The molecule has 0 fully saturated rings. The average molecular weight is 223 g/mol. The zero-order valence-corrected chi connectivity index (χ0v) is 9.36. The molecular formula is C10H11ClN4. The Labute approximate surface area is 92.9 Å². The molecule has 0 spiro atoms. The van der Waals surface area contributed by atoms with E-state index in [0.29, 0.717) is 11.7 Å². The molecule has 78 valence electrons. The van der Waals surface area contributed by atoms with Gasteiger partial charge in [-0.3, -0.25) is 0 Å². The molecule has 1 aromatic carbocycles. The van der Waals surface area contributed by atoms with Gasteiger partial charge in [0.05, 0.1) is 11.6 Å². The van der Waals surface area contributed by atoms with Gasteiger partial charge in [-0.15, -0.1) is 16.7 Å². The summed E-state index contributed by atoms with van der Waals surface area (Å²) >= 11 is 5.74. The molecule has 5 heteroatoms. The monoisotopic (exact) mass is 222 g/mol. The Hall–Kier alpha value is -1.42. The molecule has 0 saturated carbocycles. The van der Waals surface area contributed by atoms with Crippen LogP contribution in [0.2, 0.25) is 0 Å². The number of halogens is 1. The van der Waals surface area contributed by atoms with Gasteiger partial charge in [0.15, 0.2) is 5.82 Å². The highest BCUT2D eigenvalue weighted by Crippen LogP contribution is 2.16. The second-order valence-corrected chi connectivity index (χ2v) is 3.70. The van der Waals surface area contributed by atoms with Crippen LogP contribution in [0.4, 0.5) is 0 Å². The SMILES string of the molecule is Cc1ccc(-n2nnnc2CCl)c(C)c1. The van der Waals surface area contributed by atoms with E-state index in [1.165, 1.54) is 5.56 Å². The fourth-order valence-corrected chi connectivity index (χ4v) is 1.69. The molecule has 0 saturated heterocycles. The summed E-state index contributed by atoms with van der Waals surface area (Å²) in [5, 5.41) is 11.4. The summed E-state index contributed by atoms with van der Waals surface area (Å²) in [5.41, 5.74) is 3.33. The van der Waals surface area contributed by atoms with Crippen LogP contribution >= 0.6 is 11.6 Å². The molecule has 2 aromatic rings. The molecule has 0 aliphatic heterocycles. The van der Waals surface area contributed by atoms with E-state index in [0.717, 1.165) is 11.3 Å². The zero-order chi connectivity index (χ0) is 10.8. The smallest absolute Gasteiger partial charge is 0.171 e. The van der Waals surface area contributed by atoms with Gasteiger partial charge in [0.25, 0.3) is 0 Å². The van der Waals surface area contributed by atoms with E-state index in [1.807, 2.05) is 19.1 Å². The molecule has 0 atom stereocenters. The van der Waals surface area contributed by atoms with Crippen molar-refractivity contribution in [2.75, 3.05) is 0 Å². The third-order valence-electron chi connectivity index (χ3n) is 2.23. The van der Waals surface area contributed by atoms with Gasteiger partial charge in [-0.2, -0.15) is 4.68 Å². The van der Waals surface area contributed by atoms with E-state index in [2.05, 4.69) is 28.5 Å². The Bertz CT molecular complexity index is 478. The first kappa shape index (κ1) is 10.1. The van der Waals surface area contributed by atoms with Gasteiger partial charge in [-0.1, -0.05) is 17.7 Å². The number of aryl methyl sites for hydroxylation is 2. The summed E-state index contributed by atoms with van der Waals surface area (Å²) in [6.07, 6.45) is 0. The van der Waals surface area contributed by atoms with Crippen molar-refractivity contribution >= 4 is 11.6 Å². The van der Waals surface area contributed by atoms with Crippen LogP contribution in [-0.2, 0) is 5.88 Å². The molecule has 0 radical (unpaired) electrons. The Balaban J connectivity index is 2.54. The third kappa shape index (κ3) is 1.85. The van der Waals surface area contributed by atoms with E-state index in [-0.39, 0.29) is 0 Å². The lowest BCUT2D eigenvalue weighted by Crippen LogP contribution is -2.03. The van der Waals surface area contributed by atoms with Gasteiger partial charge in [0.2, 0.25) is 0 Å². The number of tetrazole rings is 1. The third-order valence-corrected chi connectivity index (χ3v) is 2.47. The first-order valence-corrected chi connectivity index (χ1v) is 5.16. The van der Waals surface area contributed by atoms with Crippen LogP contribution in [0.15, 0.2) is 18.2 Å². The summed E-state index contributed by atoms with van der Waals surface area (Å²) in [6, 6.07) is 6.12.